The van der Waals surface area contributed by atoms with Crippen LogP contribution in [-0.4, -0.2) is 41.6 Å². The monoisotopic (exact) mass is 540 g/mol. The third-order valence-corrected chi connectivity index (χ3v) is 7.77. The number of aliphatic imine (C=N–C) groups is 1. The standard InChI is InChI=1S/C34H27BF2N4/c1-39(2)28-20-18-25(19-21-28)30-23-32(27-16-10-5-11-17-27)41-34(30)38-33-29(24-12-6-3-7-13-24)22-31(40(33)35(41,36)37)26-14-8-4-9-15-26/h3-23H,1-2H3. The summed E-state index contributed by atoms with van der Waals surface area (Å²) in [5, 5.41) is 0. The second kappa shape index (κ2) is 9.56. The fraction of sp³-hybridized carbons (Fsp3) is 0.0588. The third-order valence-electron chi connectivity index (χ3n) is 7.77. The summed E-state index contributed by atoms with van der Waals surface area (Å²) in [5.41, 5.74) is 6.34. The van der Waals surface area contributed by atoms with E-state index in [0.29, 0.717) is 33.7 Å². The lowest BCUT2D eigenvalue weighted by molar-refractivity contribution is -0.291. The van der Waals surface area contributed by atoms with Crippen molar-refractivity contribution in [2.75, 3.05) is 19.0 Å². The average molecular weight is 540 g/mol. The van der Waals surface area contributed by atoms with Crippen LogP contribution in [0.15, 0.2) is 132 Å². The van der Waals surface area contributed by atoms with Crippen LogP contribution in [0.3, 0.4) is 0 Å². The van der Waals surface area contributed by atoms with E-state index in [2.05, 4.69) is 0 Å². The van der Waals surface area contributed by atoms with E-state index in [-0.39, 0.29) is 11.7 Å². The van der Waals surface area contributed by atoms with Crippen molar-refractivity contribution in [3.05, 3.63) is 139 Å². The largest absolute Gasteiger partial charge is 0.642 e. The maximum Gasteiger partial charge on any atom is 0.642 e. The van der Waals surface area contributed by atoms with Gasteiger partial charge in [-0.1, -0.05) is 103 Å². The Morgan fingerprint density at radius 1 is 0.683 bits per heavy atom. The van der Waals surface area contributed by atoms with Gasteiger partial charge < -0.3 is 22.5 Å². The summed E-state index contributed by atoms with van der Waals surface area (Å²) >= 11 is 0. The first-order valence-corrected chi connectivity index (χ1v) is 13.6. The van der Waals surface area contributed by atoms with Crippen molar-refractivity contribution in [2.45, 2.75) is 0 Å². The quantitative estimate of drug-likeness (QED) is 0.209. The van der Waals surface area contributed by atoms with Crippen molar-refractivity contribution in [3.8, 4) is 22.4 Å². The SMILES string of the molecule is CN(C)c1ccc(-c2cc(-c3ccccc3)n3c2N=C2C(c4ccccc4)=CC(c4ccccc4)=[N+]2[B-]3(F)F)cc1. The molecule has 0 radical (unpaired) electrons. The van der Waals surface area contributed by atoms with Crippen molar-refractivity contribution in [3.63, 3.8) is 0 Å². The summed E-state index contributed by atoms with van der Waals surface area (Å²) in [6.45, 7) is -4.33. The molecule has 3 heterocycles. The van der Waals surface area contributed by atoms with Crippen LogP contribution < -0.4 is 4.90 Å². The fourth-order valence-electron chi connectivity index (χ4n) is 5.75. The predicted molar refractivity (Wildman–Crippen MR) is 165 cm³/mol. The van der Waals surface area contributed by atoms with Crippen LogP contribution in [0.5, 0.6) is 0 Å². The van der Waals surface area contributed by atoms with Gasteiger partial charge in [0.1, 0.15) is 0 Å². The minimum Gasteiger partial charge on any atom is -0.414 e. The van der Waals surface area contributed by atoms with Gasteiger partial charge in [-0.3, -0.25) is 0 Å². The summed E-state index contributed by atoms with van der Waals surface area (Å²) in [7, 11) is 3.95. The topological polar surface area (TPSA) is 23.5 Å². The first-order chi connectivity index (χ1) is 19.9. The Hall–Kier alpha value is -5.04. The lowest BCUT2D eigenvalue weighted by atomic mass is 9.91. The molecule has 41 heavy (non-hydrogen) atoms. The number of aromatic nitrogens is 1. The Morgan fingerprint density at radius 2 is 1.24 bits per heavy atom. The maximum atomic E-state index is 17.2. The van der Waals surface area contributed by atoms with Gasteiger partial charge in [-0.2, -0.15) is 0 Å². The molecule has 0 bridgehead atoms. The van der Waals surface area contributed by atoms with Crippen molar-refractivity contribution in [1.82, 2.24) is 4.48 Å². The van der Waals surface area contributed by atoms with Gasteiger partial charge in [-0.15, -0.1) is 0 Å². The summed E-state index contributed by atoms with van der Waals surface area (Å²) in [4.78, 5) is 7.07. The third kappa shape index (κ3) is 4.04. The number of hydrogen-bond donors (Lipinski definition) is 0. The summed E-state index contributed by atoms with van der Waals surface area (Å²) in [6.07, 6.45) is 1.85. The van der Waals surface area contributed by atoms with E-state index >= 15 is 8.63 Å². The summed E-state index contributed by atoms with van der Waals surface area (Å²) < 4.78 is 36.8. The molecule has 0 saturated carbocycles. The molecule has 4 nitrogen and oxygen atoms in total. The molecule has 7 heteroatoms. The molecule has 200 valence electrons. The van der Waals surface area contributed by atoms with Crippen LogP contribution >= 0.6 is 0 Å². The van der Waals surface area contributed by atoms with Crippen LogP contribution in [0.1, 0.15) is 11.1 Å². The molecule has 7 rings (SSSR count). The Morgan fingerprint density at radius 3 is 1.83 bits per heavy atom. The van der Waals surface area contributed by atoms with Gasteiger partial charge in [0, 0.05) is 36.6 Å². The molecule has 2 aliphatic rings. The molecule has 1 aromatic heterocycles. The highest BCUT2D eigenvalue weighted by molar-refractivity contribution is 6.63. The van der Waals surface area contributed by atoms with E-state index in [4.69, 9.17) is 4.99 Å². The predicted octanol–water partition coefficient (Wildman–Crippen LogP) is 7.75. The number of rotatable bonds is 5. The Balaban J connectivity index is 1.53. The van der Waals surface area contributed by atoms with Gasteiger partial charge >= 0.3 is 6.97 Å². The molecule has 0 aliphatic carbocycles. The van der Waals surface area contributed by atoms with Crippen LogP contribution in [0, 0.1) is 0 Å². The van der Waals surface area contributed by atoms with Crippen LogP contribution in [0.2, 0.25) is 0 Å². The van der Waals surface area contributed by atoms with E-state index in [1.807, 2.05) is 146 Å². The van der Waals surface area contributed by atoms with Crippen molar-refractivity contribution >= 4 is 35.6 Å². The van der Waals surface area contributed by atoms with Gasteiger partial charge in [0.25, 0.3) is 5.84 Å². The minimum absolute atomic E-state index is 0.258. The zero-order valence-corrected chi connectivity index (χ0v) is 22.7. The maximum absolute atomic E-state index is 17.2. The first kappa shape index (κ1) is 25.0. The number of halogens is 2. The Labute approximate surface area is 237 Å². The number of amidine groups is 1. The second-order valence-electron chi connectivity index (χ2n) is 10.5. The average Bonchev–Trinajstić information content (AvgIpc) is 3.60. The molecule has 5 aromatic rings. The molecule has 0 spiro atoms. The molecule has 0 fully saturated rings. The number of anilines is 1. The minimum atomic E-state index is -4.33. The smallest absolute Gasteiger partial charge is 0.414 e. The lowest BCUT2D eigenvalue weighted by Crippen LogP contribution is -2.53. The molecule has 0 atom stereocenters. The molecule has 4 aromatic carbocycles. The van der Waals surface area contributed by atoms with Crippen LogP contribution in [-0.2, 0) is 0 Å². The van der Waals surface area contributed by atoms with E-state index in [9.17, 15) is 0 Å². The van der Waals surface area contributed by atoms with E-state index in [0.717, 1.165) is 25.8 Å². The molecule has 0 saturated heterocycles. The molecule has 0 N–H and O–H groups in total. The molecule has 2 aliphatic heterocycles. The molecule has 0 amide bonds. The Kier molecular flexibility index (Phi) is 5.82. The fourth-order valence-corrected chi connectivity index (χ4v) is 5.75. The first-order valence-electron chi connectivity index (χ1n) is 13.6. The van der Waals surface area contributed by atoms with E-state index in [1.165, 1.54) is 0 Å². The van der Waals surface area contributed by atoms with Gasteiger partial charge in [-0.05, 0) is 46.0 Å². The van der Waals surface area contributed by atoms with Crippen molar-refractivity contribution in [1.29, 1.82) is 0 Å². The number of fused-ring (bicyclic) bond motifs is 2. The zero-order valence-electron chi connectivity index (χ0n) is 22.7. The van der Waals surface area contributed by atoms with Gasteiger partial charge in [0.15, 0.2) is 0 Å². The highest BCUT2D eigenvalue weighted by Crippen LogP contribution is 2.46. The highest BCUT2D eigenvalue weighted by Gasteiger charge is 2.53. The summed E-state index contributed by atoms with van der Waals surface area (Å²) in [5.74, 6) is 0.519. The highest BCUT2D eigenvalue weighted by atomic mass is 19.2. The number of nitrogens with zero attached hydrogens (tertiary/aromatic N) is 4. The second-order valence-corrected chi connectivity index (χ2v) is 10.5. The Bertz CT molecular complexity index is 1860. The normalized spacial score (nSPS) is 15.2. The van der Waals surface area contributed by atoms with Crippen LogP contribution in [0.4, 0.5) is 20.1 Å². The zero-order chi connectivity index (χ0) is 28.1. The van der Waals surface area contributed by atoms with Crippen LogP contribution in [0.25, 0.3) is 28.0 Å². The van der Waals surface area contributed by atoms with Gasteiger partial charge in [0.2, 0.25) is 5.82 Å². The summed E-state index contributed by atoms with van der Waals surface area (Å²) in [6, 6.07) is 38.2. The van der Waals surface area contributed by atoms with Gasteiger partial charge in [0.05, 0.1) is 11.3 Å². The molecular weight excluding hydrogens is 513 g/mol. The van der Waals surface area contributed by atoms with Crippen molar-refractivity contribution in [2.24, 2.45) is 4.99 Å². The lowest BCUT2D eigenvalue weighted by Gasteiger charge is -2.32. The molecular formula is C34H27BF2N4. The number of allylic oxidation sites excluding steroid dienone is 1. The van der Waals surface area contributed by atoms with E-state index in [1.54, 1.807) is 0 Å². The number of hydrogen-bond acceptors (Lipinski definition) is 2. The van der Waals surface area contributed by atoms with Gasteiger partial charge in [-0.25, -0.2) is 0 Å². The van der Waals surface area contributed by atoms with E-state index < -0.39 is 6.97 Å². The number of benzene rings is 4. The van der Waals surface area contributed by atoms with Crippen molar-refractivity contribution < 1.29 is 13.1 Å². The molecule has 0 unspecified atom stereocenters.